The zero-order chi connectivity index (χ0) is 20.7. The molecular weight excluding hydrogens is 386 g/mol. The van der Waals surface area contributed by atoms with E-state index in [-0.39, 0.29) is 24.4 Å². The quantitative estimate of drug-likeness (QED) is 0.529. The molecule has 8 heteroatoms. The molecule has 2 aliphatic rings. The summed E-state index contributed by atoms with van der Waals surface area (Å²) in [5.74, 6) is -3.24. The maximum absolute atomic E-state index is 15.4. The Balaban J connectivity index is 1.69. The predicted molar refractivity (Wildman–Crippen MR) is 101 cm³/mol. The van der Waals surface area contributed by atoms with Crippen molar-refractivity contribution >= 4 is 19.3 Å². The molecule has 3 N–H and O–H groups in total. The van der Waals surface area contributed by atoms with Gasteiger partial charge < -0.3 is 15.1 Å². The summed E-state index contributed by atoms with van der Waals surface area (Å²) in [6, 6.07) is 6.62. The minimum Gasteiger partial charge on any atom is -0.481 e. The lowest BCUT2D eigenvalue weighted by Gasteiger charge is -2.24. The average molecular weight is 412 g/mol. The molecule has 1 aromatic rings. The first-order valence-corrected chi connectivity index (χ1v) is 11.5. The lowest BCUT2D eigenvalue weighted by atomic mass is 9.88. The van der Waals surface area contributed by atoms with Crippen molar-refractivity contribution in [3.05, 3.63) is 35.4 Å². The molecule has 5 unspecified atom stereocenters. The van der Waals surface area contributed by atoms with E-state index in [1.54, 1.807) is 24.3 Å². The van der Waals surface area contributed by atoms with Crippen LogP contribution >= 0.6 is 7.37 Å². The fourth-order valence-electron chi connectivity index (χ4n) is 4.59. The third-order valence-corrected chi connectivity index (χ3v) is 8.10. The minimum atomic E-state index is -3.87. The molecule has 2 saturated carbocycles. The monoisotopic (exact) mass is 412 g/mol. The lowest BCUT2D eigenvalue weighted by molar-refractivity contribution is -0.142. The summed E-state index contributed by atoms with van der Waals surface area (Å²) in [5.41, 5.74) is -0.346. The van der Waals surface area contributed by atoms with Gasteiger partial charge in [-0.1, -0.05) is 31.2 Å². The maximum Gasteiger partial charge on any atom is 0.307 e. The minimum absolute atomic E-state index is 0.0654. The molecule has 0 heterocycles. The molecule has 0 saturated heterocycles. The van der Waals surface area contributed by atoms with E-state index in [0.717, 1.165) is 6.42 Å². The number of alkyl halides is 1. The van der Waals surface area contributed by atoms with Crippen molar-refractivity contribution in [1.29, 1.82) is 0 Å². The van der Waals surface area contributed by atoms with Crippen molar-refractivity contribution in [2.45, 2.75) is 50.9 Å². The molecule has 6 nitrogen and oxygen atoms in total. The third kappa shape index (κ3) is 4.64. The fraction of sp³-hybridized carbons (Fsp3) is 0.600. The van der Waals surface area contributed by atoms with Gasteiger partial charge in [0.25, 0.3) is 0 Å². The SMILES string of the molecule is CC12CC1CC(F)(c1cccc(CP(=O)(O)CC(CCC(=O)O)C(=O)O)c1)C2. The van der Waals surface area contributed by atoms with E-state index in [0.29, 0.717) is 29.9 Å². The molecule has 0 radical (unpaired) electrons. The van der Waals surface area contributed by atoms with E-state index in [4.69, 9.17) is 5.11 Å². The number of fused-ring (bicyclic) bond motifs is 1. The van der Waals surface area contributed by atoms with E-state index >= 15 is 4.39 Å². The molecule has 3 rings (SSSR count). The van der Waals surface area contributed by atoms with Gasteiger partial charge in [0.15, 0.2) is 0 Å². The second-order valence-corrected chi connectivity index (χ2v) is 11.1. The summed E-state index contributed by atoms with van der Waals surface area (Å²) in [4.78, 5) is 32.3. The molecule has 0 aliphatic heterocycles. The first-order chi connectivity index (χ1) is 12.9. The molecule has 0 aromatic heterocycles. The van der Waals surface area contributed by atoms with Crippen LogP contribution in [0.15, 0.2) is 24.3 Å². The first kappa shape index (κ1) is 21.0. The van der Waals surface area contributed by atoms with Crippen LogP contribution in [0.5, 0.6) is 0 Å². The smallest absolute Gasteiger partial charge is 0.307 e. The number of aliphatic carboxylic acids is 2. The number of halogens is 1. The van der Waals surface area contributed by atoms with Crippen LogP contribution in [0.2, 0.25) is 0 Å². The van der Waals surface area contributed by atoms with Crippen molar-refractivity contribution in [3.63, 3.8) is 0 Å². The second-order valence-electron chi connectivity index (χ2n) is 8.76. The van der Waals surface area contributed by atoms with Crippen molar-refractivity contribution in [2.24, 2.45) is 17.3 Å². The van der Waals surface area contributed by atoms with E-state index in [2.05, 4.69) is 6.92 Å². The standard InChI is InChI=1S/C20H26FO6P/c1-19-8-16(19)9-20(21,12-19)15-4-2-3-13(7-15)10-28(26,27)11-14(18(24)25)5-6-17(22)23/h2-4,7,14,16H,5-6,8-12H2,1H3,(H,22,23)(H,24,25)(H,26,27). The average Bonchev–Trinajstić information content (AvgIpc) is 3.09. The molecule has 2 fully saturated rings. The number of benzene rings is 1. The Morgan fingerprint density at radius 3 is 2.61 bits per heavy atom. The van der Waals surface area contributed by atoms with Gasteiger partial charge in [-0.15, -0.1) is 0 Å². The van der Waals surface area contributed by atoms with Crippen LogP contribution in [0, 0.1) is 17.3 Å². The van der Waals surface area contributed by atoms with Gasteiger partial charge in [0, 0.05) is 18.7 Å². The molecule has 0 amide bonds. The van der Waals surface area contributed by atoms with Gasteiger partial charge in [-0.05, 0) is 48.1 Å². The Kier molecular flexibility index (Phi) is 5.45. The van der Waals surface area contributed by atoms with Gasteiger partial charge in [-0.25, -0.2) is 4.39 Å². The van der Waals surface area contributed by atoms with Crippen molar-refractivity contribution < 1.29 is 33.7 Å². The van der Waals surface area contributed by atoms with E-state index < -0.39 is 37.1 Å². The van der Waals surface area contributed by atoms with Crippen molar-refractivity contribution in [3.8, 4) is 0 Å². The zero-order valence-electron chi connectivity index (χ0n) is 15.8. The molecule has 0 bridgehead atoms. The maximum atomic E-state index is 15.4. The number of carbonyl (C=O) groups is 2. The molecule has 1 aromatic carbocycles. The molecule has 28 heavy (non-hydrogen) atoms. The summed E-state index contributed by atoms with van der Waals surface area (Å²) < 4.78 is 28.0. The van der Waals surface area contributed by atoms with Gasteiger partial charge in [0.1, 0.15) is 5.67 Å². The molecule has 154 valence electrons. The van der Waals surface area contributed by atoms with Crippen LogP contribution < -0.4 is 0 Å². The Morgan fingerprint density at radius 1 is 1.32 bits per heavy atom. The normalized spacial score (nSPS) is 31.6. The van der Waals surface area contributed by atoms with Crippen molar-refractivity contribution in [2.75, 3.05) is 6.16 Å². The molecular formula is C20H26FO6P. The van der Waals surface area contributed by atoms with Gasteiger partial charge >= 0.3 is 11.9 Å². The van der Waals surface area contributed by atoms with Crippen LogP contribution in [0.4, 0.5) is 4.39 Å². The van der Waals surface area contributed by atoms with Crippen molar-refractivity contribution in [1.82, 2.24) is 0 Å². The summed E-state index contributed by atoms with van der Waals surface area (Å²) in [6.07, 6.45) is 0.646. The largest absolute Gasteiger partial charge is 0.481 e. The first-order valence-electron chi connectivity index (χ1n) is 9.46. The predicted octanol–water partition coefficient (Wildman–Crippen LogP) is 4.01. The van der Waals surface area contributed by atoms with Crippen LogP contribution in [0.3, 0.4) is 0 Å². The lowest BCUT2D eigenvalue weighted by Crippen LogP contribution is -2.20. The summed E-state index contributed by atoms with van der Waals surface area (Å²) >= 11 is 0. The van der Waals surface area contributed by atoms with Gasteiger partial charge in [0.2, 0.25) is 7.37 Å². The Bertz CT molecular complexity index is 842. The Labute approximate surface area is 163 Å². The fourth-order valence-corrected chi connectivity index (χ4v) is 6.52. The van der Waals surface area contributed by atoms with Crippen LogP contribution in [-0.4, -0.2) is 33.2 Å². The Hall–Kier alpha value is -1.72. The highest BCUT2D eigenvalue weighted by molar-refractivity contribution is 7.57. The van der Waals surface area contributed by atoms with Crippen LogP contribution in [-0.2, 0) is 26.0 Å². The van der Waals surface area contributed by atoms with Gasteiger partial charge in [-0.3, -0.25) is 14.2 Å². The summed E-state index contributed by atoms with van der Waals surface area (Å²) in [7, 11) is -3.87. The van der Waals surface area contributed by atoms with Gasteiger partial charge in [0.05, 0.1) is 5.92 Å². The van der Waals surface area contributed by atoms with E-state index in [9.17, 15) is 24.2 Å². The molecule has 0 spiro atoms. The number of carboxylic acid groups (broad SMARTS) is 2. The van der Waals surface area contributed by atoms with E-state index in [1.165, 1.54) is 0 Å². The Morgan fingerprint density at radius 2 is 2.04 bits per heavy atom. The highest BCUT2D eigenvalue weighted by Gasteiger charge is 2.63. The highest BCUT2D eigenvalue weighted by atomic mass is 31.2. The molecule has 5 atom stereocenters. The number of carboxylic acids is 2. The van der Waals surface area contributed by atoms with Crippen LogP contribution in [0.1, 0.15) is 50.2 Å². The van der Waals surface area contributed by atoms with E-state index in [1.807, 2.05) is 0 Å². The highest BCUT2D eigenvalue weighted by Crippen LogP contribution is 2.69. The number of hydrogen-bond donors (Lipinski definition) is 3. The van der Waals surface area contributed by atoms with Crippen LogP contribution in [0.25, 0.3) is 0 Å². The number of rotatable bonds is 9. The zero-order valence-corrected chi connectivity index (χ0v) is 16.7. The topological polar surface area (TPSA) is 112 Å². The molecule has 2 aliphatic carbocycles. The summed E-state index contributed by atoms with van der Waals surface area (Å²) in [6.45, 7) is 2.09. The number of hydrogen-bond acceptors (Lipinski definition) is 3. The summed E-state index contributed by atoms with van der Waals surface area (Å²) in [5, 5.41) is 17.9. The third-order valence-electron chi connectivity index (χ3n) is 6.23. The van der Waals surface area contributed by atoms with Gasteiger partial charge in [-0.2, -0.15) is 0 Å². The second kappa shape index (κ2) is 7.27.